The van der Waals surface area contributed by atoms with Gasteiger partial charge in [-0.15, -0.1) is 6.58 Å². The monoisotopic (exact) mass is 617 g/mol. The van der Waals surface area contributed by atoms with Gasteiger partial charge >= 0.3 is 0 Å². The van der Waals surface area contributed by atoms with E-state index in [-0.39, 0.29) is 40.0 Å². The molecule has 4 atom stereocenters. The molecule has 1 fully saturated rings. The van der Waals surface area contributed by atoms with Crippen molar-refractivity contribution in [1.82, 2.24) is 0 Å². The number of nitrogens with zero attached hydrogens (tertiary/aromatic N) is 1. The van der Waals surface area contributed by atoms with E-state index in [2.05, 4.69) is 22.5 Å². The molecule has 1 saturated heterocycles. The standard InChI is InChI=1S/C32H25BrClNO5/c1-3-5-16-6-4-7-19(29(16)37)26-18-10-11-20-27(21(18)13-22-28(26)25(36)14-23(33)30(22)38)32(40)35(31(20)39)17-9-8-15(2)24(34)12-17/h3-4,6-10,12,14,20-21,26-27,37H,1,5,11,13H2,2H3/t20-,21+,26+,27-/m0/s1. The molecule has 2 amide bonds. The number of carbonyl (C=O) groups is 4. The SMILES string of the molecule is C=CCc1cccc([C@H]2C3=CC[C@@H]4C(=O)N(c5ccc(C)c(Cl)c5)C(=O)[C@@H]4[C@@H]3CC3=C2C(=O)C=C(Br)C3=O)c1O. The van der Waals surface area contributed by atoms with Crippen LogP contribution in [0.15, 0.2) is 82.4 Å². The van der Waals surface area contributed by atoms with E-state index in [1.807, 2.05) is 13.0 Å². The van der Waals surface area contributed by atoms with Crippen molar-refractivity contribution >= 4 is 56.6 Å². The highest BCUT2D eigenvalue weighted by molar-refractivity contribution is 9.12. The number of para-hydroxylation sites is 1. The Morgan fingerprint density at radius 1 is 1.12 bits per heavy atom. The number of allylic oxidation sites excluding steroid dienone is 7. The molecule has 1 aliphatic heterocycles. The fourth-order valence-corrected chi connectivity index (χ4v) is 7.32. The fraction of sp³-hybridized carbons (Fsp3) is 0.250. The molecule has 0 spiro atoms. The van der Waals surface area contributed by atoms with Crippen LogP contribution in [-0.2, 0) is 25.6 Å². The number of carbonyl (C=O) groups excluding carboxylic acids is 4. The van der Waals surface area contributed by atoms with Gasteiger partial charge in [0.25, 0.3) is 0 Å². The van der Waals surface area contributed by atoms with Crippen molar-refractivity contribution in [3.05, 3.63) is 104 Å². The number of aromatic hydroxyl groups is 1. The zero-order chi connectivity index (χ0) is 28.5. The van der Waals surface area contributed by atoms with Gasteiger partial charge in [0.2, 0.25) is 11.8 Å². The molecule has 202 valence electrons. The maximum absolute atomic E-state index is 14.0. The highest BCUT2D eigenvalue weighted by Crippen LogP contribution is 2.56. The van der Waals surface area contributed by atoms with E-state index in [0.29, 0.717) is 45.8 Å². The number of hydrogen-bond acceptors (Lipinski definition) is 5. The summed E-state index contributed by atoms with van der Waals surface area (Å²) < 4.78 is 0.157. The maximum Gasteiger partial charge on any atom is 0.238 e. The highest BCUT2D eigenvalue weighted by Gasteiger charge is 2.57. The summed E-state index contributed by atoms with van der Waals surface area (Å²) in [5, 5.41) is 11.8. The van der Waals surface area contributed by atoms with E-state index < -0.39 is 23.7 Å². The second-order valence-electron chi connectivity index (χ2n) is 10.7. The quantitative estimate of drug-likeness (QED) is 0.256. The number of ketones is 2. The maximum atomic E-state index is 14.0. The Bertz CT molecular complexity index is 1650. The molecule has 0 radical (unpaired) electrons. The molecule has 0 bridgehead atoms. The number of hydrogen-bond donors (Lipinski definition) is 1. The number of benzene rings is 2. The minimum Gasteiger partial charge on any atom is -0.507 e. The summed E-state index contributed by atoms with van der Waals surface area (Å²) in [6.07, 6.45) is 5.78. The topological polar surface area (TPSA) is 91.8 Å². The summed E-state index contributed by atoms with van der Waals surface area (Å²) in [5.74, 6) is -3.78. The molecule has 2 aromatic rings. The van der Waals surface area contributed by atoms with E-state index in [9.17, 15) is 24.3 Å². The van der Waals surface area contributed by atoms with E-state index in [0.717, 1.165) is 11.1 Å². The van der Waals surface area contributed by atoms with Crippen molar-refractivity contribution in [2.24, 2.45) is 17.8 Å². The summed E-state index contributed by atoms with van der Waals surface area (Å²) in [7, 11) is 0. The van der Waals surface area contributed by atoms with E-state index >= 15 is 0 Å². The van der Waals surface area contributed by atoms with Crippen LogP contribution in [0.2, 0.25) is 5.02 Å². The van der Waals surface area contributed by atoms with Crippen molar-refractivity contribution in [1.29, 1.82) is 0 Å². The normalized spacial score (nSPS) is 25.8. The number of anilines is 1. The zero-order valence-corrected chi connectivity index (χ0v) is 24.0. The van der Waals surface area contributed by atoms with Crippen LogP contribution in [0, 0.1) is 24.7 Å². The number of halogens is 2. The first-order valence-electron chi connectivity index (χ1n) is 13.1. The third kappa shape index (κ3) is 3.90. The summed E-state index contributed by atoms with van der Waals surface area (Å²) in [6.45, 7) is 5.61. The average Bonchev–Trinajstić information content (AvgIpc) is 3.19. The van der Waals surface area contributed by atoms with Crippen molar-refractivity contribution < 1.29 is 24.3 Å². The fourth-order valence-electron chi connectivity index (χ4n) is 6.70. The van der Waals surface area contributed by atoms with E-state index in [1.54, 1.807) is 42.5 Å². The highest BCUT2D eigenvalue weighted by atomic mass is 79.9. The lowest BCUT2D eigenvalue weighted by Crippen LogP contribution is -2.39. The largest absolute Gasteiger partial charge is 0.507 e. The molecular weight excluding hydrogens is 594 g/mol. The number of amides is 2. The van der Waals surface area contributed by atoms with Gasteiger partial charge in [0, 0.05) is 33.7 Å². The molecule has 0 saturated carbocycles. The molecule has 0 unspecified atom stereocenters. The van der Waals surface area contributed by atoms with Crippen molar-refractivity contribution in [2.75, 3.05) is 4.90 Å². The summed E-state index contributed by atoms with van der Waals surface area (Å²) in [6, 6.07) is 10.4. The van der Waals surface area contributed by atoms with Gasteiger partial charge in [0.1, 0.15) is 5.75 Å². The number of Topliss-reactive ketones (excluding diaryl/α,β-unsaturated/α-hetero) is 1. The lowest BCUT2D eigenvalue weighted by Gasteiger charge is -2.42. The van der Waals surface area contributed by atoms with Crippen LogP contribution in [0.1, 0.15) is 35.4 Å². The first-order valence-corrected chi connectivity index (χ1v) is 14.3. The van der Waals surface area contributed by atoms with Crippen LogP contribution in [0.3, 0.4) is 0 Å². The van der Waals surface area contributed by atoms with Gasteiger partial charge in [-0.1, -0.05) is 53.6 Å². The molecule has 4 aliphatic rings. The molecule has 0 aromatic heterocycles. The van der Waals surface area contributed by atoms with Crippen LogP contribution in [0.25, 0.3) is 0 Å². The van der Waals surface area contributed by atoms with Crippen molar-refractivity contribution in [3.8, 4) is 5.75 Å². The van der Waals surface area contributed by atoms with Crippen LogP contribution in [-0.4, -0.2) is 28.5 Å². The zero-order valence-electron chi connectivity index (χ0n) is 21.6. The van der Waals surface area contributed by atoms with Crippen molar-refractivity contribution in [3.63, 3.8) is 0 Å². The lowest BCUT2D eigenvalue weighted by molar-refractivity contribution is -0.123. The number of phenols is 1. The Kier molecular flexibility index (Phi) is 6.55. The second kappa shape index (κ2) is 9.82. The van der Waals surface area contributed by atoms with Crippen molar-refractivity contribution in [2.45, 2.75) is 32.1 Å². The number of aryl methyl sites for hydroxylation is 1. The van der Waals surface area contributed by atoms with E-state index in [1.165, 1.54) is 11.0 Å². The van der Waals surface area contributed by atoms with Crippen LogP contribution in [0.4, 0.5) is 5.69 Å². The van der Waals surface area contributed by atoms with Crippen LogP contribution in [0.5, 0.6) is 5.75 Å². The predicted octanol–water partition coefficient (Wildman–Crippen LogP) is 6.05. The molecule has 3 aliphatic carbocycles. The van der Waals surface area contributed by atoms with Gasteiger partial charge in [-0.3, -0.25) is 19.2 Å². The summed E-state index contributed by atoms with van der Waals surface area (Å²) >= 11 is 9.57. The Morgan fingerprint density at radius 3 is 2.62 bits per heavy atom. The van der Waals surface area contributed by atoms with Crippen LogP contribution >= 0.6 is 27.5 Å². The van der Waals surface area contributed by atoms with Gasteiger partial charge in [-0.25, -0.2) is 4.90 Å². The van der Waals surface area contributed by atoms with Gasteiger partial charge in [0.15, 0.2) is 11.6 Å². The third-order valence-corrected chi connectivity index (χ3v) is 9.57. The molecule has 2 aromatic carbocycles. The molecule has 1 N–H and O–H groups in total. The lowest BCUT2D eigenvalue weighted by atomic mass is 9.59. The average molecular weight is 619 g/mol. The molecule has 1 heterocycles. The number of imide groups is 1. The van der Waals surface area contributed by atoms with Gasteiger partial charge < -0.3 is 5.11 Å². The molecule has 6 nitrogen and oxygen atoms in total. The van der Waals surface area contributed by atoms with Gasteiger partial charge in [0.05, 0.1) is 22.0 Å². The number of phenolic OH excluding ortho intramolecular Hbond substituents is 1. The summed E-state index contributed by atoms with van der Waals surface area (Å²) in [4.78, 5) is 55.7. The molecular formula is C32H25BrClNO5. The minimum atomic E-state index is -0.724. The molecule has 8 heteroatoms. The third-order valence-electron chi connectivity index (χ3n) is 8.57. The second-order valence-corrected chi connectivity index (χ2v) is 11.9. The Balaban J connectivity index is 1.50. The Morgan fingerprint density at radius 2 is 1.90 bits per heavy atom. The smallest absolute Gasteiger partial charge is 0.238 e. The summed E-state index contributed by atoms with van der Waals surface area (Å²) in [5.41, 5.74) is 3.80. The van der Waals surface area contributed by atoms with Gasteiger partial charge in [-0.05, 0) is 71.3 Å². The number of fused-ring (bicyclic) bond motifs is 3. The van der Waals surface area contributed by atoms with Crippen LogP contribution < -0.4 is 4.90 Å². The molecule has 6 rings (SSSR count). The minimum absolute atomic E-state index is 0.0292. The Labute approximate surface area is 244 Å². The molecule has 40 heavy (non-hydrogen) atoms. The van der Waals surface area contributed by atoms with Gasteiger partial charge in [-0.2, -0.15) is 0 Å². The first-order chi connectivity index (χ1) is 19.1. The first kappa shape index (κ1) is 26.7. The Hall–Kier alpha value is -3.55. The van der Waals surface area contributed by atoms with E-state index in [4.69, 9.17) is 11.6 Å². The predicted molar refractivity (Wildman–Crippen MR) is 155 cm³/mol. The number of rotatable bonds is 4.